The van der Waals surface area contributed by atoms with Crippen molar-refractivity contribution >= 4 is 23.3 Å². The van der Waals surface area contributed by atoms with Crippen molar-refractivity contribution in [2.24, 2.45) is 0 Å². The van der Waals surface area contributed by atoms with Gasteiger partial charge in [-0.2, -0.15) is 13.2 Å². The molecule has 1 aromatic carbocycles. The van der Waals surface area contributed by atoms with Gasteiger partial charge in [0.15, 0.2) is 6.61 Å². The van der Waals surface area contributed by atoms with Crippen molar-refractivity contribution in [1.82, 2.24) is 4.90 Å². The Morgan fingerprint density at radius 2 is 1.93 bits per heavy atom. The van der Waals surface area contributed by atoms with Gasteiger partial charge in [0.1, 0.15) is 30.1 Å². The Balaban J connectivity index is 1.55. The molecule has 1 aliphatic heterocycles. The van der Waals surface area contributed by atoms with Gasteiger partial charge in [0.2, 0.25) is 0 Å². The Kier molecular flexibility index (Phi) is 5.98. The number of ether oxygens (including phenoxy) is 1. The normalized spacial score (nSPS) is 14.9. The molecule has 1 N–H and O–H groups in total. The van der Waals surface area contributed by atoms with Gasteiger partial charge in [-0.3, -0.25) is 9.69 Å². The average molecular weight is 415 g/mol. The van der Waals surface area contributed by atoms with Gasteiger partial charge < -0.3 is 9.64 Å². The summed E-state index contributed by atoms with van der Waals surface area (Å²) < 4.78 is 43.8. The van der Waals surface area contributed by atoms with E-state index in [-0.39, 0.29) is 17.5 Å². The summed E-state index contributed by atoms with van der Waals surface area (Å²) >= 11 is 6.02. The number of rotatable bonds is 4. The minimum atomic E-state index is -4.46. The summed E-state index contributed by atoms with van der Waals surface area (Å²) in [5.74, 6) is 0.916. The van der Waals surface area contributed by atoms with Crippen LogP contribution in [-0.2, 0) is 11.0 Å². The van der Waals surface area contributed by atoms with E-state index >= 15 is 0 Å². The van der Waals surface area contributed by atoms with E-state index in [0.717, 1.165) is 17.8 Å². The molecule has 1 aromatic heterocycles. The zero-order valence-electron chi connectivity index (χ0n) is 15.2. The number of piperazine rings is 1. The molecule has 0 atom stereocenters. The molecule has 150 valence electrons. The lowest BCUT2D eigenvalue weighted by atomic mass is 10.2. The summed E-state index contributed by atoms with van der Waals surface area (Å²) in [6, 6.07) is 8.35. The molecule has 3 rings (SSSR count). The highest BCUT2D eigenvalue weighted by molar-refractivity contribution is 6.32. The van der Waals surface area contributed by atoms with Crippen molar-refractivity contribution in [3.63, 3.8) is 0 Å². The van der Waals surface area contributed by atoms with Crippen LogP contribution < -0.4 is 14.6 Å². The number of amides is 1. The fourth-order valence-electron chi connectivity index (χ4n) is 2.99. The number of aromatic nitrogens is 1. The highest BCUT2D eigenvalue weighted by Gasteiger charge is 2.34. The van der Waals surface area contributed by atoms with E-state index in [9.17, 15) is 18.0 Å². The van der Waals surface area contributed by atoms with Crippen molar-refractivity contribution in [2.75, 3.05) is 37.7 Å². The first-order valence-corrected chi connectivity index (χ1v) is 9.12. The third-order valence-corrected chi connectivity index (χ3v) is 4.79. The fraction of sp³-hybridized carbons (Fsp3) is 0.368. The van der Waals surface area contributed by atoms with Crippen LogP contribution in [0.4, 0.5) is 19.0 Å². The van der Waals surface area contributed by atoms with Crippen LogP contribution in [0.2, 0.25) is 5.02 Å². The standard InChI is InChI=1S/C19H19ClF3N3O2/c1-13-3-2-4-15(9-13)28-12-17(27)25-5-7-26(8-6-25)18-16(20)10-14(11-24-18)19(21,22)23/h2-4,9-11H,5-8,12H2,1H3/p+1. The number of alkyl halides is 3. The number of pyridine rings is 1. The number of hydrogen-bond donors (Lipinski definition) is 0. The predicted molar refractivity (Wildman–Crippen MR) is 98.5 cm³/mol. The van der Waals surface area contributed by atoms with E-state index in [4.69, 9.17) is 16.3 Å². The van der Waals surface area contributed by atoms with Crippen LogP contribution in [0.25, 0.3) is 0 Å². The molecule has 0 bridgehead atoms. The summed E-state index contributed by atoms with van der Waals surface area (Å²) in [5, 5.41) is -0.00242. The maximum atomic E-state index is 12.8. The number of aromatic amines is 1. The van der Waals surface area contributed by atoms with E-state index in [2.05, 4.69) is 4.98 Å². The molecule has 1 saturated heterocycles. The van der Waals surface area contributed by atoms with E-state index in [0.29, 0.717) is 37.7 Å². The molecule has 0 radical (unpaired) electrons. The maximum absolute atomic E-state index is 12.8. The summed E-state index contributed by atoms with van der Waals surface area (Å²) in [4.78, 5) is 18.5. The highest BCUT2D eigenvalue weighted by atomic mass is 35.5. The van der Waals surface area contributed by atoms with Crippen molar-refractivity contribution in [3.8, 4) is 5.75 Å². The van der Waals surface area contributed by atoms with Gasteiger partial charge in [0, 0.05) is 0 Å². The lowest BCUT2D eigenvalue weighted by Crippen LogP contribution is -2.51. The first-order chi connectivity index (χ1) is 13.2. The highest BCUT2D eigenvalue weighted by Crippen LogP contribution is 2.32. The number of anilines is 1. The van der Waals surface area contributed by atoms with Gasteiger partial charge in [-0.25, -0.2) is 4.98 Å². The zero-order valence-corrected chi connectivity index (χ0v) is 16.0. The molecule has 2 heterocycles. The first-order valence-electron chi connectivity index (χ1n) is 8.74. The number of nitrogens with one attached hydrogen (secondary N) is 1. The number of halogens is 4. The maximum Gasteiger partial charge on any atom is 0.419 e. The Labute approximate surface area is 165 Å². The van der Waals surface area contributed by atoms with Crippen molar-refractivity contribution in [2.45, 2.75) is 13.1 Å². The summed E-state index contributed by atoms with van der Waals surface area (Å²) in [5.41, 5.74) is 0.214. The van der Waals surface area contributed by atoms with E-state index < -0.39 is 11.7 Å². The topological polar surface area (TPSA) is 46.9 Å². The Bertz CT molecular complexity index is 853. The first kappa shape index (κ1) is 20.3. The van der Waals surface area contributed by atoms with Gasteiger partial charge in [0.05, 0.1) is 18.7 Å². The van der Waals surface area contributed by atoms with Crippen molar-refractivity contribution in [3.05, 3.63) is 52.7 Å². The van der Waals surface area contributed by atoms with Crippen LogP contribution in [0.1, 0.15) is 11.1 Å². The lowest BCUT2D eigenvalue weighted by molar-refractivity contribution is -0.367. The van der Waals surface area contributed by atoms with Crippen LogP contribution in [0.15, 0.2) is 36.5 Å². The van der Waals surface area contributed by atoms with E-state index in [1.807, 2.05) is 30.0 Å². The second-order valence-electron chi connectivity index (χ2n) is 6.56. The number of hydrogen-bond acceptors (Lipinski definition) is 3. The van der Waals surface area contributed by atoms with Crippen LogP contribution >= 0.6 is 11.6 Å². The summed E-state index contributed by atoms with van der Waals surface area (Å²) in [6.07, 6.45) is -3.56. The molecular weight excluding hydrogens is 395 g/mol. The molecule has 0 aliphatic carbocycles. The molecule has 5 nitrogen and oxygen atoms in total. The smallest absolute Gasteiger partial charge is 0.419 e. The molecule has 0 saturated carbocycles. The van der Waals surface area contributed by atoms with Crippen LogP contribution in [0.3, 0.4) is 0 Å². The quantitative estimate of drug-likeness (QED) is 0.772. The van der Waals surface area contributed by atoms with Gasteiger partial charge >= 0.3 is 6.18 Å². The van der Waals surface area contributed by atoms with Gasteiger partial charge in [-0.1, -0.05) is 23.7 Å². The zero-order chi connectivity index (χ0) is 20.3. The molecule has 1 aliphatic rings. The number of benzene rings is 1. The number of aryl methyl sites for hydroxylation is 1. The van der Waals surface area contributed by atoms with Crippen LogP contribution in [0.5, 0.6) is 5.75 Å². The summed E-state index contributed by atoms with van der Waals surface area (Å²) in [6.45, 7) is 3.66. The molecular formula is C19H20ClF3N3O2+. The molecule has 9 heteroatoms. The van der Waals surface area contributed by atoms with Crippen molar-refractivity contribution in [1.29, 1.82) is 0 Å². The Morgan fingerprint density at radius 3 is 2.54 bits per heavy atom. The second-order valence-corrected chi connectivity index (χ2v) is 6.96. The molecule has 1 fully saturated rings. The molecule has 28 heavy (non-hydrogen) atoms. The van der Waals surface area contributed by atoms with Gasteiger partial charge in [-0.15, -0.1) is 0 Å². The Morgan fingerprint density at radius 1 is 1.21 bits per heavy atom. The van der Waals surface area contributed by atoms with Crippen LogP contribution in [-0.4, -0.2) is 43.6 Å². The number of H-pyrrole nitrogens is 1. The number of carbonyl (C=O) groups is 1. The third-order valence-electron chi connectivity index (χ3n) is 4.50. The van der Waals surface area contributed by atoms with E-state index in [1.54, 1.807) is 11.0 Å². The van der Waals surface area contributed by atoms with Gasteiger partial charge in [-0.05, 0) is 30.7 Å². The molecule has 0 unspecified atom stereocenters. The number of nitrogens with zero attached hydrogens (tertiary/aromatic N) is 2. The average Bonchev–Trinajstić information content (AvgIpc) is 2.65. The molecule has 0 spiro atoms. The van der Waals surface area contributed by atoms with E-state index in [1.165, 1.54) is 0 Å². The largest absolute Gasteiger partial charge is 0.484 e. The number of carbonyl (C=O) groups excluding carboxylic acids is 1. The lowest BCUT2D eigenvalue weighted by Gasteiger charge is -2.31. The van der Waals surface area contributed by atoms with Crippen LogP contribution in [0, 0.1) is 6.92 Å². The predicted octanol–water partition coefficient (Wildman–Crippen LogP) is 3.21. The third kappa shape index (κ3) is 4.86. The SMILES string of the molecule is Cc1cccc(OCC(=O)N2CCN(c3[nH+]cc(C(F)(F)F)cc3Cl)CC2)c1. The minimum absolute atomic E-state index is 0.00242. The Hall–Kier alpha value is -2.48. The molecule has 1 amide bonds. The monoisotopic (exact) mass is 414 g/mol. The summed E-state index contributed by atoms with van der Waals surface area (Å²) in [7, 11) is 0. The fourth-order valence-corrected chi connectivity index (χ4v) is 3.28. The van der Waals surface area contributed by atoms with Gasteiger partial charge in [0.25, 0.3) is 11.7 Å². The second kappa shape index (κ2) is 8.26. The molecule has 2 aromatic rings. The van der Waals surface area contributed by atoms with Crippen molar-refractivity contribution < 1.29 is 27.7 Å². The minimum Gasteiger partial charge on any atom is -0.484 e.